The molecule has 0 aromatic carbocycles. The molecular weight excluding hydrogens is 223 g/mol. The Bertz CT molecular complexity index is 381. The molecule has 4 nitrogen and oxygen atoms in total. The van der Waals surface area contributed by atoms with Crippen molar-refractivity contribution in [3.8, 4) is 5.75 Å². The van der Waals surface area contributed by atoms with Gasteiger partial charge in [0, 0.05) is 19.3 Å². The fraction of sp³-hybridized carbons (Fsp3) is 0.500. The van der Waals surface area contributed by atoms with Gasteiger partial charge in [0.05, 0.1) is 0 Å². The van der Waals surface area contributed by atoms with E-state index in [1.807, 2.05) is 13.8 Å². The van der Waals surface area contributed by atoms with Crippen LogP contribution in [0.1, 0.15) is 20.8 Å². The van der Waals surface area contributed by atoms with Crippen molar-refractivity contribution in [3.05, 3.63) is 24.3 Å². The molecule has 0 saturated carbocycles. The molecule has 1 aromatic rings. The fourth-order valence-corrected chi connectivity index (χ4v) is 1.49. The Kier molecular flexibility index (Phi) is 4.87. The van der Waals surface area contributed by atoms with Crippen LogP contribution in [0.2, 0.25) is 0 Å². The SMILES string of the molecule is CCN(CC)C(=O)C(C)Oc1cccnc1F. The number of hydrogen-bond acceptors (Lipinski definition) is 3. The lowest BCUT2D eigenvalue weighted by Crippen LogP contribution is -2.40. The zero-order valence-electron chi connectivity index (χ0n) is 10.3. The lowest BCUT2D eigenvalue weighted by Gasteiger charge is -2.23. The van der Waals surface area contributed by atoms with Gasteiger partial charge in [-0.15, -0.1) is 0 Å². The molecule has 1 heterocycles. The van der Waals surface area contributed by atoms with E-state index in [4.69, 9.17) is 4.74 Å². The predicted octanol–water partition coefficient (Wildman–Crippen LogP) is 1.86. The second kappa shape index (κ2) is 6.18. The maximum absolute atomic E-state index is 13.2. The molecule has 0 aliphatic rings. The summed E-state index contributed by atoms with van der Waals surface area (Å²) in [4.78, 5) is 17.0. The molecule has 0 saturated heterocycles. The average Bonchev–Trinajstić information content (AvgIpc) is 2.33. The Morgan fingerprint density at radius 1 is 1.53 bits per heavy atom. The molecule has 1 aromatic heterocycles. The van der Waals surface area contributed by atoms with Gasteiger partial charge in [-0.2, -0.15) is 4.39 Å². The summed E-state index contributed by atoms with van der Waals surface area (Å²) in [7, 11) is 0. The van der Waals surface area contributed by atoms with Gasteiger partial charge >= 0.3 is 0 Å². The maximum Gasteiger partial charge on any atom is 0.263 e. The van der Waals surface area contributed by atoms with E-state index in [-0.39, 0.29) is 11.7 Å². The van der Waals surface area contributed by atoms with Crippen molar-refractivity contribution in [2.75, 3.05) is 13.1 Å². The third-order valence-corrected chi connectivity index (χ3v) is 2.45. The minimum Gasteiger partial charge on any atom is -0.476 e. The molecule has 1 rings (SSSR count). The first-order chi connectivity index (χ1) is 8.10. The predicted molar refractivity (Wildman–Crippen MR) is 62.2 cm³/mol. The standard InChI is InChI=1S/C12H17FN2O2/c1-4-15(5-2)12(16)9(3)17-10-7-6-8-14-11(10)13/h6-9H,4-5H2,1-3H3. The minimum absolute atomic E-state index is 0.000469. The summed E-state index contributed by atoms with van der Waals surface area (Å²) in [6, 6.07) is 3.02. The maximum atomic E-state index is 13.2. The van der Waals surface area contributed by atoms with Crippen LogP contribution in [0.25, 0.3) is 0 Å². The monoisotopic (exact) mass is 240 g/mol. The van der Waals surface area contributed by atoms with Gasteiger partial charge in [0.1, 0.15) is 0 Å². The minimum atomic E-state index is -0.714. The molecule has 0 aliphatic heterocycles. The van der Waals surface area contributed by atoms with E-state index in [1.54, 1.807) is 17.9 Å². The summed E-state index contributed by atoms with van der Waals surface area (Å²) >= 11 is 0. The number of rotatable bonds is 5. The summed E-state index contributed by atoms with van der Waals surface area (Å²) in [5.41, 5.74) is 0. The summed E-state index contributed by atoms with van der Waals surface area (Å²) in [6.07, 6.45) is 0.618. The molecule has 0 aliphatic carbocycles. The number of amides is 1. The van der Waals surface area contributed by atoms with E-state index in [0.29, 0.717) is 13.1 Å². The number of hydrogen-bond donors (Lipinski definition) is 0. The van der Waals surface area contributed by atoms with Gasteiger partial charge in [0.25, 0.3) is 11.9 Å². The van der Waals surface area contributed by atoms with Crippen LogP contribution in [-0.4, -0.2) is 35.0 Å². The van der Waals surface area contributed by atoms with Gasteiger partial charge in [-0.3, -0.25) is 4.79 Å². The number of pyridine rings is 1. The Morgan fingerprint density at radius 2 is 2.18 bits per heavy atom. The molecule has 1 amide bonds. The van der Waals surface area contributed by atoms with Crippen LogP contribution < -0.4 is 4.74 Å². The van der Waals surface area contributed by atoms with Crippen molar-refractivity contribution in [2.24, 2.45) is 0 Å². The number of ether oxygens (including phenoxy) is 1. The molecule has 0 fully saturated rings. The van der Waals surface area contributed by atoms with Crippen LogP contribution >= 0.6 is 0 Å². The van der Waals surface area contributed by atoms with E-state index in [9.17, 15) is 9.18 Å². The molecular formula is C12H17FN2O2. The highest BCUT2D eigenvalue weighted by atomic mass is 19.1. The van der Waals surface area contributed by atoms with Crippen molar-refractivity contribution in [1.29, 1.82) is 0 Å². The Labute approximate surface area is 100 Å². The number of likely N-dealkylation sites (N-methyl/N-ethyl adjacent to an activating group) is 1. The largest absolute Gasteiger partial charge is 0.476 e. The van der Waals surface area contributed by atoms with Crippen molar-refractivity contribution >= 4 is 5.91 Å². The van der Waals surface area contributed by atoms with Crippen LogP contribution in [-0.2, 0) is 4.79 Å². The lowest BCUT2D eigenvalue weighted by atomic mass is 10.3. The molecule has 0 radical (unpaired) electrons. The number of aromatic nitrogens is 1. The third kappa shape index (κ3) is 3.41. The quantitative estimate of drug-likeness (QED) is 0.738. The second-order valence-corrected chi connectivity index (χ2v) is 3.56. The van der Waals surface area contributed by atoms with E-state index >= 15 is 0 Å². The van der Waals surface area contributed by atoms with Gasteiger partial charge in [0.15, 0.2) is 11.9 Å². The van der Waals surface area contributed by atoms with E-state index in [0.717, 1.165) is 0 Å². The first-order valence-corrected chi connectivity index (χ1v) is 5.66. The topological polar surface area (TPSA) is 42.4 Å². The smallest absolute Gasteiger partial charge is 0.263 e. The Balaban J connectivity index is 2.69. The number of halogens is 1. The molecule has 1 atom stereocenters. The molecule has 0 bridgehead atoms. The summed E-state index contributed by atoms with van der Waals surface area (Å²) in [6.45, 7) is 6.60. The highest BCUT2D eigenvalue weighted by Crippen LogP contribution is 2.15. The fourth-order valence-electron chi connectivity index (χ4n) is 1.49. The Morgan fingerprint density at radius 3 is 2.71 bits per heavy atom. The zero-order valence-corrected chi connectivity index (χ0v) is 10.3. The number of carbonyl (C=O) groups is 1. The van der Waals surface area contributed by atoms with E-state index < -0.39 is 12.1 Å². The first kappa shape index (κ1) is 13.4. The van der Waals surface area contributed by atoms with Crippen LogP contribution in [0.5, 0.6) is 5.75 Å². The van der Waals surface area contributed by atoms with Crippen molar-refractivity contribution < 1.29 is 13.9 Å². The summed E-state index contributed by atoms with van der Waals surface area (Å²) < 4.78 is 18.5. The van der Waals surface area contributed by atoms with Gasteiger partial charge < -0.3 is 9.64 Å². The highest BCUT2D eigenvalue weighted by molar-refractivity contribution is 5.80. The Hall–Kier alpha value is -1.65. The molecule has 94 valence electrons. The normalized spacial score (nSPS) is 12.0. The second-order valence-electron chi connectivity index (χ2n) is 3.56. The van der Waals surface area contributed by atoms with Crippen molar-refractivity contribution in [2.45, 2.75) is 26.9 Å². The zero-order chi connectivity index (χ0) is 12.8. The van der Waals surface area contributed by atoms with Crippen LogP contribution in [0.15, 0.2) is 18.3 Å². The van der Waals surface area contributed by atoms with E-state index in [1.165, 1.54) is 12.3 Å². The lowest BCUT2D eigenvalue weighted by molar-refractivity contribution is -0.137. The number of nitrogens with zero attached hydrogens (tertiary/aromatic N) is 2. The summed E-state index contributed by atoms with van der Waals surface area (Å²) in [5.74, 6) is -0.856. The van der Waals surface area contributed by atoms with Crippen molar-refractivity contribution in [1.82, 2.24) is 9.88 Å². The third-order valence-electron chi connectivity index (χ3n) is 2.45. The van der Waals surface area contributed by atoms with Gasteiger partial charge in [-0.25, -0.2) is 4.98 Å². The van der Waals surface area contributed by atoms with Crippen LogP contribution in [0, 0.1) is 5.95 Å². The molecule has 1 unspecified atom stereocenters. The first-order valence-electron chi connectivity index (χ1n) is 5.66. The molecule has 0 spiro atoms. The van der Waals surface area contributed by atoms with Gasteiger partial charge in [0.2, 0.25) is 0 Å². The molecule has 0 N–H and O–H groups in total. The number of carbonyl (C=O) groups excluding carboxylic acids is 1. The van der Waals surface area contributed by atoms with Gasteiger partial charge in [-0.1, -0.05) is 0 Å². The average molecular weight is 240 g/mol. The van der Waals surface area contributed by atoms with Gasteiger partial charge in [-0.05, 0) is 32.9 Å². The summed E-state index contributed by atoms with van der Waals surface area (Å²) in [5, 5.41) is 0. The van der Waals surface area contributed by atoms with Crippen molar-refractivity contribution in [3.63, 3.8) is 0 Å². The van der Waals surface area contributed by atoms with Crippen LogP contribution in [0.3, 0.4) is 0 Å². The molecule has 5 heteroatoms. The highest BCUT2D eigenvalue weighted by Gasteiger charge is 2.20. The van der Waals surface area contributed by atoms with Crippen LogP contribution in [0.4, 0.5) is 4.39 Å². The van der Waals surface area contributed by atoms with E-state index in [2.05, 4.69) is 4.98 Å². The molecule has 17 heavy (non-hydrogen) atoms.